The third-order valence-electron chi connectivity index (χ3n) is 4.82. The van der Waals surface area contributed by atoms with Crippen molar-refractivity contribution in [2.45, 2.75) is 76.0 Å². The molecule has 2 aliphatic carbocycles. The first-order valence-electron chi connectivity index (χ1n) is 8.44. The van der Waals surface area contributed by atoms with Crippen molar-refractivity contribution >= 4 is 17.5 Å². The highest BCUT2D eigenvalue weighted by atomic mass is 35.5. The number of hydrogen-bond donors (Lipinski definition) is 1. The maximum Gasteiger partial charge on any atom is 0.436 e. The molecule has 0 bridgehead atoms. The maximum atomic E-state index is 13.1. The van der Waals surface area contributed by atoms with Gasteiger partial charge in [-0.2, -0.15) is 18.3 Å². The molecular weight excluding hydrogens is 343 g/mol. The summed E-state index contributed by atoms with van der Waals surface area (Å²) in [5.74, 6) is -0.331. The van der Waals surface area contributed by atoms with Crippen LogP contribution in [0.5, 0.6) is 0 Å². The molecule has 1 aromatic heterocycles. The first-order valence-corrected chi connectivity index (χ1v) is 8.82. The fourth-order valence-corrected chi connectivity index (χ4v) is 3.69. The van der Waals surface area contributed by atoms with E-state index < -0.39 is 17.9 Å². The molecule has 4 nitrogen and oxygen atoms in total. The first-order chi connectivity index (χ1) is 11.3. The third kappa shape index (κ3) is 3.55. The zero-order valence-electron chi connectivity index (χ0n) is 13.5. The van der Waals surface area contributed by atoms with Gasteiger partial charge in [0.25, 0.3) is 0 Å². The van der Waals surface area contributed by atoms with E-state index in [1.54, 1.807) is 6.92 Å². The SMILES string of the molecule is CC(C(=O)NC1CCCCC1)n1nc(C(F)(F)F)c(Cl)c1C1CC1. The maximum absolute atomic E-state index is 13.1. The second-order valence-electron chi connectivity index (χ2n) is 6.78. The topological polar surface area (TPSA) is 46.9 Å². The summed E-state index contributed by atoms with van der Waals surface area (Å²) < 4.78 is 40.5. The Balaban J connectivity index is 1.83. The number of alkyl halides is 3. The molecule has 0 radical (unpaired) electrons. The Labute approximate surface area is 143 Å². The van der Waals surface area contributed by atoms with Gasteiger partial charge in [-0.25, -0.2) is 0 Å². The fourth-order valence-electron chi connectivity index (χ4n) is 3.31. The van der Waals surface area contributed by atoms with E-state index in [9.17, 15) is 18.0 Å². The van der Waals surface area contributed by atoms with Gasteiger partial charge in [-0.3, -0.25) is 9.48 Å². The standard InChI is InChI=1S/C16H21ClF3N3O/c1-9(15(24)21-11-5-3-2-4-6-11)23-13(10-7-8-10)12(17)14(22-23)16(18,19)20/h9-11H,2-8H2,1H3,(H,21,24). The van der Waals surface area contributed by atoms with Crippen LogP contribution in [0, 0.1) is 0 Å². The molecule has 1 amide bonds. The Morgan fingerprint density at radius 1 is 1.25 bits per heavy atom. The van der Waals surface area contributed by atoms with Crippen molar-refractivity contribution in [1.29, 1.82) is 0 Å². The average molecular weight is 364 g/mol. The predicted octanol–water partition coefficient (Wildman–Crippen LogP) is 4.44. The Hall–Kier alpha value is -1.24. The van der Waals surface area contributed by atoms with Crippen LogP contribution in [0.15, 0.2) is 0 Å². The van der Waals surface area contributed by atoms with Crippen molar-refractivity contribution in [3.05, 3.63) is 16.4 Å². The Kier molecular flexibility index (Phi) is 4.82. The minimum atomic E-state index is -4.62. The van der Waals surface area contributed by atoms with E-state index in [1.807, 2.05) is 0 Å². The number of carbonyl (C=O) groups excluding carboxylic acids is 1. The lowest BCUT2D eigenvalue weighted by atomic mass is 9.95. The molecule has 2 fully saturated rings. The van der Waals surface area contributed by atoms with Crippen molar-refractivity contribution in [2.75, 3.05) is 0 Å². The van der Waals surface area contributed by atoms with Crippen LogP contribution in [-0.4, -0.2) is 21.7 Å². The summed E-state index contributed by atoms with van der Waals surface area (Å²) in [5, 5.41) is 6.24. The monoisotopic (exact) mass is 363 g/mol. The number of nitrogens with one attached hydrogen (secondary N) is 1. The van der Waals surface area contributed by atoms with Crippen LogP contribution in [0.4, 0.5) is 13.2 Å². The van der Waals surface area contributed by atoms with Crippen molar-refractivity contribution < 1.29 is 18.0 Å². The molecule has 134 valence electrons. The second kappa shape index (κ2) is 6.58. The summed E-state index contributed by atoms with van der Waals surface area (Å²) in [4.78, 5) is 12.5. The van der Waals surface area contributed by atoms with E-state index in [2.05, 4.69) is 10.4 Å². The zero-order valence-corrected chi connectivity index (χ0v) is 14.3. The number of halogens is 4. The predicted molar refractivity (Wildman–Crippen MR) is 83.9 cm³/mol. The smallest absolute Gasteiger partial charge is 0.352 e. The molecule has 1 N–H and O–H groups in total. The Morgan fingerprint density at radius 3 is 2.42 bits per heavy atom. The number of aromatic nitrogens is 2. The minimum absolute atomic E-state index is 0.0361. The van der Waals surface area contributed by atoms with E-state index in [0.717, 1.165) is 44.9 Å². The summed E-state index contributed by atoms with van der Waals surface area (Å²) >= 11 is 5.95. The zero-order chi connectivity index (χ0) is 17.5. The fraction of sp³-hybridized carbons (Fsp3) is 0.750. The van der Waals surface area contributed by atoms with Gasteiger partial charge in [-0.15, -0.1) is 0 Å². The summed E-state index contributed by atoms with van der Waals surface area (Å²) in [7, 11) is 0. The number of rotatable bonds is 4. The first kappa shape index (κ1) is 17.6. The second-order valence-corrected chi connectivity index (χ2v) is 7.16. The van der Waals surface area contributed by atoms with Gasteiger partial charge in [-0.1, -0.05) is 30.9 Å². The van der Waals surface area contributed by atoms with Crippen molar-refractivity contribution in [3.8, 4) is 0 Å². The molecule has 8 heteroatoms. The molecule has 2 saturated carbocycles. The van der Waals surface area contributed by atoms with Crippen LogP contribution in [-0.2, 0) is 11.0 Å². The summed E-state index contributed by atoms with van der Waals surface area (Å²) in [6.07, 6.45) is 2.07. The minimum Gasteiger partial charge on any atom is -0.352 e. The normalized spacial score (nSPS) is 20.9. The van der Waals surface area contributed by atoms with Gasteiger partial charge in [0.1, 0.15) is 6.04 Å². The molecule has 0 aliphatic heterocycles. The van der Waals surface area contributed by atoms with Crippen LogP contribution < -0.4 is 5.32 Å². The van der Waals surface area contributed by atoms with Crippen molar-refractivity contribution in [2.24, 2.45) is 0 Å². The van der Waals surface area contributed by atoms with Crippen molar-refractivity contribution in [1.82, 2.24) is 15.1 Å². The van der Waals surface area contributed by atoms with Crippen LogP contribution in [0.25, 0.3) is 0 Å². The third-order valence-corrected chi connectivity index (χ3v) is 5.19. The molecule has 1 aromatic rings. The van der Waals surface area contributed by atoms with E-state index in [0.29, 0.717) is 5.69 Å². The van der Waals surface area contributed by atoms with Gasteiger partial charge in [0.2, 0.25) is 5.91 Å². The van der Waals surface area contributed by atoms with Crippen LogP contribution in [0.3, 0.4) is 0 Å². The highest BCUT2D eigenvalue weighted by molar-refractivity contribution is 6.32. The molecular formula is C16H21ClF3N3O. The Morgan fingerprint density at radius 2 is 1.88 bits per heavy atom. The van der Waals surface area contributed by atoms with Gasteiger partial charge in [0, 0.05) is 12.0 Å². The van der Waals surface area contributed by atoms with Gasteiger partial charge >= 0.3 is 6.18 Å². The number of carbonyl (C=O) groups is 1. The molecule has 0 aromatic carbocycles. The van der Waals surface area contributed by atoms with E-state index >= 15 is 0 Å². The number of nitrogens with zero attached hydrogens (tertiary/aromatic N) is 2. The molecule has 1 heterocycles. The summed E-state index contributed by atoms with van der Waals surface area (Å²) in [6, 6.07) is -0.706. The van der Waals surface area contributed by atoms with E-state index in [-0.39, 0.29) is 22.9 Å². The molecule has 1 unspecified atom stereocenters. The average Bonchev–Trinajstić information content (AvgIpc) is 3.29. The van der Waals surface area contributed by atoms with Gasteiger partial charge < -0.3 is 5.32 Å². The van der Waals surface area contributed by atoms with Crippen molar-refractivity contribution in [3.63, 3.8) is 0 Å². The van der Waals surface area contributed by atoms with Crippen LogP contribution in [0.1, 0.15) is 75.2 Å². The van der Waals surface area contributed by atoms with Gasteiger partial charge in [0.15, 0.2) is 5.69 Å². The number of amides is 1. The lowest BCUT2D eigenvalue weighted by molar-refractivity contribution is -0.141. The van der Waals surface area contributed by atoms with E-state index in [4.69, 9.17) is 11.6 Å². The largest absolute Gasteiger partial charge is 0.436 e. The molecule has 2 aliphatic rings. The Bertz CT molecular complexity index is 619. The quantitative estimate of drug-likeness (QED) is 0.859. The highest BCUT2D eigenvalue weighted by Gasteiger charge is 2.43. The number of hydrogen-bond acceptors (Lipinski definition) is 2. The molecule has 1 atom stereocenters. The summed E-state index contributed by atoms with van der Waals surface area (Å²) in [6.45, 7) is 1.58. The van der Waals surface area contributed by atoms with E-state index in [1.165, 1.54) is 4.68 Å². The van der Waals surface area contributed by atoms with Gasteiger partial charge in [-0.05, 0) is 32.6 Å². The van der Waals surface area contributed by atoms with Crippen LogP contribution >= 0.6 is 11.6 Å². The lowest BCUT2D eigenvalue weighted by Crippen LogP contribution is -2.40. The highest BCUT2D eigenvalue weighted by Crippen LogP contribution is 2.47. The summed E-state index contributed by atoms with van der Waals surface area (Å²) in [5.41, 5.74) is -0.751. The molecule has 3 rings (SSSR count). The van der Waals surface area contributed by atoms with Gasteiger partial charge in [0.05, 0.1) is 10.7 Å². The molecule has 0 spiro atoms. The lowest BCUT2D eigenvalue weighted by Gasteiger charge is -2.25. The molecule has 24 heavy (non-hydrogen) atoms. The van der Waals surface area contributed by atoms with Crippen LogP contribution in [0.2, 0.25) is 5.02 Å². The molecule has 0 saturated heterocycles.